The number of hydrogen-bond acceptors (Lipinski definition) is 7. The summed E-state index contributed by atoms with van der Waals surface area (Å²) < 4.78 is 17.9. The van der Waals surface area contributed by atoms with Gasteiger partial charge in [0.1, 0.15) is 17.6 Å². The lowest BCUT2D eigenvalue weighted by Crippen LogP contribution is -2.33. The molecule has 0 fully saturated rings. The van der Waals surface area contributed by atoms with E-state index in [-0.39, 0.29) is 18.1 Å². The summed E-state index contributed by atoms with van der Waals surface area (Å²) in [6, 6.07) is 18.5. The summed E-state index contributed by atoms with van der Waals surface area (Å²) in [7, 11) is 0. The second kappa shape index (κ2) is 13.3. The fourth-order valence-corrected chi connectivity index (χ4v) is 4.62. The van der Waals surface area contributed by atoms with Gasteiger partial charge < -0.3 is 30.6 Å². The Labute approximate surface area is 242 Å². The molecule has 1 atom stereocenters. The third kappa shape index (κ3) is 7.39. The Morgan fingerprint density at radius 1 is 0.951 bits per heavy atom. The van der Waals surface area contributed by atoms with Crippen LogP contribution in [-0.4, -0.2) is 29.7 Å². The molecule has 4 rings (SSSR count). The number of rotatable bonds is 12. The predicted octanol–water partition coefficient (Wildman–Crippen LogP) is 6.57. The Morgan fingerprint density at radius 3 is 2.46 bits per heavy atom. The monoisotopic (exact) mass is 556 g/mol. The number of nitrogen functional groups attached to an aromatic ring is 1. The average molecular weight is 557 g/mol. The van der Waals surface area contributed by atoms with Gasteiger partial charge in [-0.2, -0.15) is 0 Å². The van der Waals surface area contributed by atoms with E-state index in [0.717, 1.165) is 38.9 Å². The molecule has 41 heavy (non-hydrogen) atoms. The molecule has 1 heterocycles. The SMILES string of the molecule is CCOc1cc(C(Nc2ccc3c(N)nccc3c2)C(=O)NCc2cccc(C)c2OC(C)C)ccc1OC(C)C. The highest BCUT2D eigenvalue weighted by Crippen LogP contribution is 2.34. The number of carbonyl (C=O) groups is 1. The topological polar surface area (TPSA) is 108 Å². The number of hydrogen-bond donors (Lipinski definition) is 3. The van der Waals surface area contributed by atoms with E-state index in [1.165, 1.54) is 0 Å². The summed E-state index contributed by atoms with van der Waals surface area (Å²) in [6.07, 6.45) is 1.67. The van der Waals surface area contributed by atoms with Crippen molar-refractivity contribution in [1.29, 1.82) is 0 Å². The van der Waals surface area contributed by atoms with Gasteiger partial charge in [-0.1, -0.05) is 24.3 Å². The Bertz CT molecular complexity index is 1500. The molecular weight excluding hydrogens is 516 g/mol. The molecule has 8 heteroatoms. The van der Waals surface area contributed by atoms with E-state index in [1.54, 1.807) is 6.20 Å². The fraction of sp³-hybridized carbons (Fsp3) is 0.333. The van der Waals surface area contributed by atoms with Crippen molar-refractivity contribution in [2.24, 2.45) is 0 Å². The highest BCUT2D eigenvalue weighted by atomic mass is 16.5. The van der Waals surface area contributed by atoms with Gasteiger partial charge in [0.15, 0.2) is 11.5 Å². The molecule has 1 amide bonds. The van der Waals surface area contributed by atoms with E-state index >= 15 is 0 Å². The second-order valence-electron chi connectivity index (χ2n) is 10.5. The van der Waals surface area contributed by atoms with Crippen molar-refractivity contribution in [3.05, 3.63) is 83.6 Å². The van der Waals surface area contributed by atoms with Crippen LogP contribution < -0.4 is 30.6 Å². The molecule has 4 aromatic rings. The van der Waals surface area contributed by atoms with Crippen LogP contribution in [0.25, 0.3) is 10.8 Å². The summed E-state index contributed by atoms with van der Waals surface area (Å²) in [5, 5.41) is 8.33. The third-order valence-electron chi connectivity index (χ3n) is 6.43. The Morgan fingerprint density at radius 2 is 1.73 bits per heavy atom. The van der Waals surface area contributed by atoms with Crippen LogP contribution in [0, 0.1) is 6.92 Å². The number of ether oxygens (including phenoxy) is 3. The summed E-state index contributed by atoms with van der Waals surface area (Å²) >= 11 is 0. The zero-order valence-electron chi connectivity index (χ0n) is 24.7. The molecule has 8 nitrogen and oxygen atoms in total. The fourth-order valence-electron chi connectivity index (χ4n) is 4.62. The lowest BCUT2D eigenvalue weighted by Gasteiger charge is -2.23. The third-order valence-corrected chi connectivity index (χ3v) is 6.43. The molecule has 216 valence electrons. The molecule has 0 aliphatic carbocycles. The number of pyridine rings is 1. The molecule has 4 N–H and O–H groups in total. The van der Waals surface area contributed by atoms with Gasteiger partial charge in [0.05, 0.1) is 18.8 Å². The maximum atomic E-state index is 13.9. The second-order valence-corrected chi connectivity index (χ2v) is 10.5. The van der Waals surface area contributed by atoms with Crippen LogP contribution >= 0.6 is 0 Å². The Kier molecular flexibility index (Phi) is 9.55. The van der Waals surface area contributed by atoms with Crippen LogP contribution in [0.5, 0.6) is 17.2 Å². The van der Waals surface area contributed by atoms with Gasteiger partial charge in [-0.25, -0.2) is 4.98 Å². The van der Waals surface area contributed by atoms with E-state index in [0.29, 0.717) is 30.5 Å². The summed E-state index contributed by atoms with van der Waals surface area (Å²) in [5.74, 6) is 2.27. The van der Waals surface area contributed by atoms with Gasteiger partial charge >= 0.3 is 0 Å². The van der Waals surface area contributed by atoms with Crippen molar-refractivity contribution >= 4 is 28.2 Å². The maximum Gasteiger partial charge on any atom is 0.247 e. The number of carbonyl (C=O) groups excluding carboxylic acids is 1. The first kappa shape index (κ1) is 29.5. The minimum absolute atomic E-state index is 0.0145. The largest absolute Gasteiger partial charge is 0.490 e. The standard InChI is InChI=1S/C33H40N4O4/c1-7-39-29-18-24(11-14-28(29)40-20(2)3)30(37-26-12-13-27-23(17-26)15-16-35-32(27)34)33(38)36-19-25-10-8-9-22(6)31(25)41-21(4)5/h8-18,20-21,30,37H,7,19H2,1-6H3,(H2,34,35)(H,36,38). The molecule has 1 unspecified atom stereocenters. The molecule has 0 saturated carbocycles. The number of nitrogens with two attached hydrogens (primary N) is 1. The van der Waals surface area contributed by atoms with Crippen LogP contribution in [-0.2, 0) is 11.3 Å². The lowest BCUT2D eigenvalue weighted by atomic mass is 10.0. The Balaban J connectivity index is 1.68. The number of para-hydroxylation sites is 1. The van der Waals surface area contributed by atoms with E-state index in [4.69, 9.17) is 19.9 Å². The van der Waals surface area contributed by atoms with Gasteiger partial charge in [-0.3, -0.25) is 4.79 Å². The number of amides is 1. The minimum atomic E-state index is -0.724. The van der Waals surface area contributed by atoms with E-state index < -0.39 is 6.04 Å². The first-order valence-corrected chi connectivity index (χ1v) is 14.0. The van der Waals surface area contributed by atoms with E-state index in [1.807, 2.05) is 102 Å². The van der Waals surface area contributed by atoms with Crippen molar-refractivity contribution < 1.29 is 19.0 Å². The normalized spacial score (nSPS) is 11.9. The zero-order chi connectivity index (χ0) is 29.5. The molecule has 0 saturated heterocycles. The minimum Gasteiger partial charge on any atom is -0.490 e. The Hall–Kier alpha value is -4.46. The highest BCUT2D eigenvalue weighted by Gasteiger charge is 2.23. The van der Waals surface area contributed by atoms with Crippen LogP contribution in [0.3, 0.4) is 0 Å². The van der Waals surface area contributed by atoms with Gasteiger partial charge in [0, 0.05) is 29.4 Å². The zero-order valence-corrected chi connectivity index (χ0v) is 24.7. The molecule has 0 radical (unpaired) electrons. The van der Waals surface area contributed by atoms with Crippen LogP contribution in [0.1, 0.15) is 57.4 Å². The predicted molar refractivity (Wildman–Crippen MR) is 165 cm³/mol. The molecule has 0 bridgehead atoms. The molecular formula is C33H40N4O4. The van der Waals surface area contributed by atoms with Gasteiger partial charge in [0.2, 0.25) is 5.91 Å². The number of nitrogens with zero attached hydrogens (tertiary/aromatic N) is 1. The summed E-state index contributed by atoms with van der Waals surface area (Å²) in [4.78, 5) is 18.0. The number of anilines is 2. The number of fused-ring (bicyclic) bond motifs is 1. The van der Waals surface area contributed by atoms with Gasteiger partial charge in [-0.05, 0) is 94.5 Å². The van der Waals surface area contributed by atoms with Crippen molar-refractivity contribution in [3.63, 3.8) is 0 Å². The van der Waals surface area contributed by atoms with E-state index in [9.17, 15) is 4.79 Å². The molecule has 1 aromatic heterocycles. The number of nitrogens with one attached hydrogen (secondary N) is 2. The quantitative estimate of drug-likeness (QED) is 0.181. The maximum absolute atomic E-state index is 13.9. The first-order valence-electron chi connectivity index (χ1n) is 14.0. The molecule has 0 spiro atoms. The highest BCUT2D eigenvalue weighted by molar-refractivity contribution is 5.94. The summed E-state index contributed by atoms with van der Waals surface area (Å²) in [5.41, 5.74) is 9.49. The summed E-state index contributed by atoms with van der Waals surface area (Å²) in [6.45, 7) is 12.6. The van der Waals surface area contributed by atoms with Crippen LogP contribution in [0.4, 0.5) is 11.5 Å². The molecule has 3 aromatic carbocycles. The van der Waals surface area contributed by atoms with Crippen LogP contribution in [0.2, 0.25) is 0 Å². The van der Waals surface area contributed by atoms with Crippen molar-refractivity contribution in [2.45, 2.75) is 66.3 Å². The van der Waals surface area contributed by atoms with Gasteiger partial charge in [0.25, 0.3) is 0 Å². The smallest absolute Gasteiger partial charge is 0.247 e. The number of benzene rings is 3. The first-order chi connectivity index (χ1) is 19.7. The number of aryl methyl sites for hydroxylation is 1. The van der Waals surface area contributed by atoms with Crippen LogP contribution in [0.15, 0.2) is 66.9 Å². The van der Waals surface area contributed by atoms with E-state index in [2.05, 4.69) is 15.6 Å². The molecule has 0 aliphatic rings. The van der Waals surface area contributed by atoms with Crippen molar-refractivity contribution in [2.75, 3.05) is 17.7 Å². The average Bonchev–Trinajstić information content (AvgIpc) is 2.92. The lowest BCUT2D eigenvalue weighted by molar-refractivity contribution is -0.122. The number of aromatic nitrogens is 1. The molecule has 0 aliphatic heterocycles. The van der Waals surface area contributed by atoms with Crippen molar-refractivity contribution in [1.82, 2.24) is 10.3 Å². The van der Waals surface area contributed by atoms with Crippen molar-refractivity contribution in [3.8, 4) is 17.2 Å². The van der Waals surface area contributed by atoms with Gasteiger partial charge in [-0.15, -0.1) is 0 Å².